The Morgan fingerprint density at radius 2 is 1.08 bits per heavy atom. The number of amides is 4. The fourth-order valence-electron chi connectivity index (χ4n) is 12.0. The molecule has 2 heterocycles. The molecule has 0 bridgehead atoms. The summed E-state index contributed by atoms with van der Waals surface area (Å²) in [6.07, 6.45) is 3.46. The lowest BCUT2D eigenvalue weighted by Gasteiger charge is -2.33. The molecule has 0 radical (unpaired) electrons. The maximum atomic E-state index is 14.2. The van der Waals surface area contributed by atoms with Crippen molar-refractivity contribution in [2.24, 2.45) is 11.5 Å². The van der Waals surface area contributed by atoms with Crippen LogP contribution in [0, 0.1) is 5.41 Å². The van der Waals surface area contributed by atoms with Crippen molar-refractivity contribution >= 4 is 56.3 Å². The van der Waals surface area contributed by atoms with Gasteiger partial charge in [0.25, 0.3) is 11.8 Å². The molecule has 2 aliphatic rings. The molecule has 1 unspecified atom stereocenters. The van der Waals surface area contributed by atoms with Gasteiger partial charge >= 0.3 is 0 Å². The molecule has 8 aromatic rings. The molecule has 2 saturated heterocycles. The Kier molecular flexibility index (Phi) is 22.6. The summed E-state index contributed by atoms with van der Waals surface area (Å²) in [5, 5.41) is 22.7. The number of rotatable bonds is 21. The highest BCUT2D eigenvalue weighted by Gasteiger charge is 2.39. The molecule has 0 spiro atoms. The SMILES string of the molecule is CCC(NC(=N)N)[C@@H]1N[C@H](CNC(=O)c2ccc(-c3ccccc3)cc2)CCN(CC(c2ccccc2)c2ccccc2)C1=O.CN1[C@H](CNC(=O)c2ccc3cc(Br)ccc3c2)CCN(CC(c2ccccc2)c2ccccc2)C(=O)[C@@H]1CCCN. The highest BCUT2D eigenvalue weighted by atomic mass is 79.9. The summed E-state index contributed by atoms with van der Waals surface area (Å²) in [5.74, 6) is -0.290. The van der Waals surface area contributed by atoms with Crippen LogP contribution in [0.2, 0.25) is 0 Å². The first-order chi connectivity index (χ1) is 42.4. The number of hydrogen-bond donors (Lipinski definition) is 7. The van der Waals surface area contributed by atoms with Gasteiger partial charge in [-0.15, -0.1) is 0 Å². The van der Waals surface area contributed by atoms with Crippen LogP contribution in [-0.2, 0) is 9.59 Å². The number of fused-ring (bicyclic) bond motifs is 1. The molecule has 2 fully saturated rings. The Hall–Kier alpha value is -8.47. The van der Waals surface area contributed by atoms with Gasteiger partial charge in [-0.2, -0.15) is 0 Å². The minimum atomic E-state index is -0.624. The highest BCUT2D eigenvalue weighted by Crippen LogP contribution is 2.31. The first kappa shape index (κ1) is 63.0. The Morgan fingerprint density at radius 3 is 1.62 bits per heavy atom. The fraction of sp³-hybridized carbons (Fsp3) is 0.292. The largest absolute Gasteiger partial charge is 0.370 e. The van der Waals surface area contributed by atoms with E-state index in [9.17, 15) is 19.2 Å². The molecular formula is C72H81BrN10O4. The summed E-state index contributed by atoms with van der Waals surface area (Å²) in [4.78, 5) is 60.7. The van der Waals surface area contributed by atoms with Crippen molar-refractivity contribution in [3.05, 3.63) is 250 Å². The van der Waals surface area contributed by atoms with Crippen LogP contribution in [0.3, 0.4) is 0 Å². The molecule has 0 aromatic heterocycles. The van der Waals surface area contributed by atoms with Crippen molar-refractivity contribution in [1.82, 2.24) is 36.0 Å². The fourth-order valence-corrected chi connectivity index (χ4v) is 12.4. The van der Waals surface area contributed by atoms with Crippen LogP contribution in [0.4, 0.5) is 0 Å². The first-order valence-corrected chi connectivity index (χ1v) is 31.1. The molecule has 4 amide bonds. The zero-order valence-electron chi connectivity index (χ0n) is 49.7. The second-order valence-electron chi connectivity index (χ2n) is 22.6. The number of likely N-dealkylation sites (N-methyl/N-ethyl adjacent to an activating group) is 1. The molecular weight excluding hydrogens is 1150 g/mol. The van der Waals surface area contributed by atoms with Gasteiger partial charge in [0.1, 0.15) is 6.04 Å². The van der Waals surface area contributed by atoms with E-state index in [1.54, 1.807) is 0 Å². The second kappa shape index (κ2) is 31.3. The van der Waals surface area contributed by atoms with Crippen LogP contribution in [0.5, 0.6) is 0 Å². The zero-order chi connectivity index (χ0) is 61.1. The Balaban J connectivity index is 0.000000208. The number of nitrogens with zero attached hydrogens (tertiary/aromatic N) is 3. The summed E-state index contributed by atoms with van der Waals surface area (Å²) in [5.41, 5.74) is 19.6. The number of hydrogen-bond acceptors (Lipinski definition) is 8. The molecule has 10 rings (SSSR count). The first-order valence-electron chi connectivity index (χ1n) is 30.3. The third-order valence-electron chi connectivity index (χ3n) is 16.9. The third-order valence-corrected chi connectivity index (χ3v) is 17.4. The number of benzene rings is 8. The Bertz CT molecular complexity index is 3430. The summed E-state index contributed by atoms with van der Waals surface area (Å²) >= 11 is 3.51. The van der Waals surface area contributed by atoms with Gasteiger partial charge in [0.15, 0.2) is 5.96 Å². The molecule has 5 atom stereocenters. The Labute approximate surface area is 520 Å². The number of guanidine groups is 1. The average Bonchev–Trinajstić information content (AvgIpc) is 3.93. The maximum Gasteiger partial charge on any atom is 0.251 e. The van der Waals surface area contributed by atoms with Gasteiger partial charge in [-0.05, 0) is 126 Å². The van der Waals surface area contributed by atoms with Gasteiger partial charge < -0.3 is 37.2 Å². The summed E-state index contributed by atoms with van der Waals surface area (Å²) < 4.78 is 1.01. The number of carbonyl (C=O) groups is 4. The lowest BCUT2D eigenvalue weighted by atomic mass is 9.90. The molecule has 8 aromatic carbocycles. The van der Waals surface area contributed by atoms with Gasteiger partial charge in [0, 0.05) is 78.8 Å². The van der Waals surface area contributed by atoms with E-state index in [2.05, 4.69) is 115 Å². The number of carbonyl (C=O) groups excluding carboxylic acids is 4. The summed E-state index contributed by atoms with van der Waals surface area (Å²) in [6.45, 7) is 5.60. The van der Waals surface area contributed by atoms with Crippen LogP contribution < -0.4 is 32.7 Å². The predicted molar refractivity (Wildman–Crippen MR) is 354 cm³/mol. The van der Waals surface area contributed by atoms with E-state index >= 15 is 0 Å². The normalized spacial score (nSPS) is 17.6. The van der Waals surface area contributed by atoms with E-state index in [-0.39, 0.29) is 65.6 Å². The molecule has 0 saturated carbocycles. The molecule has 87 heavy (non-hydrogen) atoms. The van der Waals surface area contributed by atoms with Gasteiger partial charge in [0.05, 0.1) is 12.1 Å². The van der Waals surface area contributed by atoms with E-state index in [0.717, 1.165) is 50.3 Å². The standard InChI is InChI=1S/C37H42N6O2.C35H39BrN4O2/c1-2-33(42-37(38)39)34-36(45)43(25-32(28-14-8-4-9-15-28)29-16-10-5-11-17-29)23-22-31(41-34)24-40-35(44)30-20-18-27(19-21-30)26-12-6-3-7-13-26;1-39-31(23-38-34(41)29-15-14-28-22-30(36)17-16-27(28)21-29)18-20-40(35(42)33(39)13-8-19-37)24-32(25-9-4-2-5-10-25)26-11-6-3-7-12-26/h3-21,31-34,41H,2,22-25H2,1H3,(H,40,44)(H4,38,39,42);2-7,9-12,14-17,21-22,31-33H,8,13,18-20,23-24,37H2,1H3,(H,38,41)/t31-,33?,34-;31-,33-/m00/s1. The van der Waals surface area contributed by atoms with Gasteiger partial charge in [0.2, 0.25) is 11.8 Å². The topological polar surface area (TPSA) is 202 Å². The van der Waals surface area contributed by atoms with Crippen molar-refractivity contribution in [3.8, 4) is 11.1 Å². The van der Waals surface area contributed by atoms with E-state index in [1.807, 2.05) is 163 Å². The van der Waals surface area contributed by atoms with E-state index in [1.165, 1.54) is 11.1 Å². The smallest absolute Gasteiger partial charge is 0.251 e. The van der Waals surface area contributed by atoms with Crippen LogP contribution in [0.25, 0.3) is 21.9 Å². The monoisotopic (exact) mass is 1230 g/mol. The molecule has 14 nitrogen and oxygen atoms in total. The van der Waals surface area contributed by atoms with Crippen molar-refractivity contribution in [3.63, 3.8) is 0 Å². The van der Waals surface area contributed by atoms with Gasteiger partial charge in [-0.25, -0.2) is 0 Å². The van der Waals surface area contributed by atoms with Crippen molar-refractivity contribution in [2.45, 2.75) is 81.1 Å². The van der Waals surface area contributed by atoms with E-state index in [4.69, 9.17) is 16.9 Å². The van der Waals surface area contributed by atoms with E-state index in [0.29, 0.717) is 76.2 Å². The van der Waals surface area contributed by atoms with Crippen LogP contribution in [0.15, 0.2) is 217 Å². The van der Waals surface area contributed by atoms with Crippen LogP contribution in [0.1, 0.15) is 93.8 Å². The lowest BCUT2D eigenvalue weighted by molar-refractivity contribution is -0.136. The zero-order valence-corrected chi connectivity index (χ0v) is 51.3. The lowest BCUT2D eigenvalue weighted by Crippen LogP contribution is -2.60. The van der Waals surface area contributed by atoms with Crippen LogP contribution in [-0.4, -0.2) is 127 Å². The highest BCUT2D eigenvalue weighted by molar-refractivity contribution is 9.10. The minimum Gasteiger partial charge on any atom is -0.370 e. The predicted octanol–water partition coefficient (Wildman–Crippen LogP) is 10.5. The van der Waals surface area contributed by atoms with Crippen LogP contribution >= 0.6 is 15.9 Å². The van der Waals surface area contributed by atoms with Crippen molar-refractivity contribution in [2.75, 3.05) is 52.9 Å². The minimum absolute atomic E-state index is 0.00652. The van der Waals surface area contributed by atoms with Gasteiger partial charge in [-0.1, -0.05) is 199 Å². The number of halogens is 1. The van der Waals surface area contributed by atoms with Gasteiger partial charge in [-0.3, -0.25) is 34.8 Å². The van der Waals surface area contributed by atoms with E-state index < -0.39 is 6.04 Å². The molecule has 0 aliphatic carbocycles. The molecule has 15 heteroatoms. The molecule has 2 aliphatic heterocycles. The molecule has 450 valence electrons. The molecule has 9 N–H and O–H groups in total. The maximum absolute atomic E-state index is 14.2. The quantitative estimate of drug-likeness (QED) is 0.0270. The van der Waals surface area contributed by atoms with Crippen molar-refractivity contribution < 1.29 is 19.2 Å². The summed E-state index contributed by atoms with van der Waals surface area (Å²) in [7, 11) is 2.01. The second-order valence-corrected chi connectivity index (χ2v) is 23.6. The number of nitrogens with one attached hydrogen (secondary N) is 5. The Morgan fingerprint density at radius 1 is 0.609 bits per heavy atom. The third kappa shape index (κ3) is 17.0. The number of nitrogens with two attached hydrogens (primary N) is 2. The van der Waals surface area contributed by atoms with Crippen molar-refractivity contribution in [1.29, 1.82) is 5.41 Å². The summed E-state index contributed by atoms with van der Waals surface area (Å²) in [6, 6.07) is 69.3. The average molecular weight is 1230 g/mol.